The maximum absolute atomic E-state index is 9.44. The van der Waals surface area contributed by atoms with Crippen LogP contribution in [-0.2, 0) is 0 Å². The van der Waals surface area contributed by atoms with E-state index in [1.165, 1.54) is 0 Å². The van der Waals surface area contributed by atoms with Crippen LogP contribution < -0.4 is 0 Å². The van der Waals surface area contributed by atoms with E-state index < -0.39 is 0 Å². The molecule has 6 aromatic rings. The Morgan fingerprint density at radius 2 is 0.857 bits per heavy atom. The van der Waals surface area contributed by atoms with E-state index in [-0.39, 0.29) is 17.2 Å². The van der Waals surface area contributed by atoms with E-state index in [4.69, 9.17) is 8.83 Å². The molecule has 0 unspecified atom stereocenters. The SMILES string of the molecule is Oc1ccc(-c2ccc3ccc(O)cc3[o+]2)cc1.Oc1ccc(-c2ccc3ccccc3[o+]2)cc1. The van der Waals surface area contributed by atoms with E-state index >= 15 is 0 Å². The van der Waals surface area contributed by atoms with Gasteiger partial charge in [0.15, 0.2) is 0 Å². The van der Waals surface area contributed by atoms with Crippen LogP contribution in [0.25, 0.3) is 44.6 Å². The first-order valence-electron chi connectivity index (χ1n) is 11.0. The summed E-state index contributed by atoms with van der Waals surface area (Å²) in [5.41, 5.74) is 3.31. The molecular weight excluding hydrogens is 440 g/mol. The van der Waals surface area contributed by atoms with Crippen molar-refractivity contribution in [3.05, 3.63) is 115 Å². The molecule has 6 rings (SSSR count). The van der Waals surface area contributed by atoms with Gasteiger partial charge in [0.2, 0.25) is 0 Å². The first-order chi connectivity index (χ1) is 17.0. The third kappa shape index (κ3) is 5.04. The van der Waals surface area contributed by atoms with E-state index in [0.717, 1.165) is 33.2 Å². The molecule has 2 heterocycles. The Labute approximate surface area is 201 Å². The average molecular weight is 463 g/mol. The lowest BCUT2D eigenvalue weighted by Gasteiger charge is -1.94. The van der Waals surface area contributed by atoms with Crippen molar-refractivity contribution in [2.75, 3.05) is 0 Å². The van der Waals surface area contributed by atoms with Crippen LogP contribution in [0.2, 0.25) is 0 Å². The van der Waals surface area contributed by atoms with Gasteiger partial charge in [-0.05, 0) is 78.9 Å². The number of hydrogen-bond acceptors (Lipinski definition) is 3. The summed E-state index contributed by atoms with van der Waals surface area (Å²) < 4.78 is 11.5. The minimum absolute atomic E-state index is 0.175. The molecule has 4 aromatic carbocycles. The van der Waals surface area contributed by atoms with Gasteiger partial charge in [-0.2, -0.15) is 0 Å². The van der Waals surface area contributed by atoms with Crippen molar-refractivity contribution in [3.63, 3.8) is 0 Å². The molecule has 3 N–H and O–H groups in total. The van der Waals surface area contributed by atoms with Crippen molar-refractivity contribution in [2.45, 2.75) is 0 Å². The van der Waals surface area contributed by atoms with Gasteiger partial charge in [0.05, 0.1) is 28.0 Å². The Kier molecular flexibility index (Phi) is 5.97. The average Bonchev–Trinajstić information content (AvgIpc) is 2.89. The number of aromatic hydroxyl groups is 3. The van der Waals surface area contributed by atoms with Gasteiger partial charge in [0.1, 0.15) is 17.2 Å². The zero-order valence-electron chi connectivity index (χ0n) is 18.6. The smallest absolute Gasteiger partial charge is 0.364 e. The summed E-state index contributed by atoms with van der Waals surface area (Å²) in [6.45, 7) is 0. The summed E-state index contributed by atoms with van der Waals surface area (Å²) >= 11 is 0. The second-order valence-corrected chi connectivity index (χ2v) is 7.95. The molecule has 0 aliphatic carbocycles. The number of fused-ring (bicyclic) bond motifs is 2. The van der Waals surface area contributed by atoms with Gasteiger partial charge in [-0.15, -0.1) is 0 Å². The van der Waals surface area contributed by atoms with Gasteiger partial charge in [-0.1, -0.05) is 12.1 Å². The molecule has 0 saturated carbocycles. The van der Waals surface area contributed by atoms with Gasteiger partial charge >= 0.3 is 22.7 Å². The van der Waals surface area contributed by atoms with E-state index in [0.29, 0.717) is 11.3 Å². The number of rotatable bonds is 2. The predicted octanol–water partition coefficient (Wildman–Crippen LogP) is 7.88. The summed E-state index contributed by atoms with van der Waals surface area (Å²) in [5.74, 6) is 2.14. The van der Waals surface area contributed by atoms with Crippen molar-refractivity contribution in [1.29, 1.82) is 0 Å². The van der Waals surface area contributed by atoms with Crippen LogP contribution in [0, 0.1) is 0 Å². The highest BCUT2D eigenvalue weighted by Crippen LogP contribution is 2.28. The molecule has 5 nitrogen and oxygen atoms in total. The number of phenolic OH excluding ortho intramolecular Hbond substituents is 3. The summed E-state index contributed by atoms with van der Waals surface area (Å²) in [6.07, 6.45) is 0. The molecule has 0 aliphatic rings. The number of para-hydroxylation sites is 1. The van der Waals surface area contributed by atoms with Gasteiger partial charge in [-0.25, -0.2) is 8.83 Å². The van der Waals surface area contributed by atoms with Crippen molar-refractivity contribution < 1.29 is 24.2 Å². The highest BCUT2D eigenvalue weighted by Gasteiger charge is 2.15. The van der Waals surface area contributed by atoms with Crippen LogP contribution in [0.1, 0.15) is 0 Å². The second-order valence-electron chi connectivity index (χ2n) is 7.95. The quantitative estimate of drug-likeness (QED) is 0.228. The Hall–Kier alpha value is -4.90. The van der Waals surface area contributed by atoms with Crippen molar-refractivity contribution in [2.24, 2.45) is 0 Å². The van der Waals surface area contributed by atoms with Crippen LogP contribution in [0.4, 0.5) is 0 Å². The van der Waals surface area contributed by atoms with Crippen LogP contribution in [0.15, 0.2) is 124 Å². The van der Waals surface area contributed by atoms with E-state index in [2.05, 4.69) is 0 Å². The largest absolute Gasteiger partial charge is 0.508 e. The molecule has 0 bridgehead atoms. The molecule has 35 heavy (non-hydrogen) atoms. The molecule has 0 aliphatic heterocycles. The zero-order valence-corrected chi connectivity index (χ0v) is 18.6. The van der Waals surface area contributed by atoms with Crippen LogP contribution in [0.5, 0.6) is 17.2 Å². The summed E-state index contributed by atoms with van der Waals surface area (Å²) in [5, 5.41) is 29.9. The van der Waals surface area contributed by atoms with E-state index in [1.54, 1.807) is 54.6 Å². The van der Waals surface area contributed by atoms with Gasteiger partial charge < -0.3 is 15.3 Å². The van der Waals surface area contributed by atoms with Crippen molar-refractivity contribution in [3.8, 4) is 39.9 Å². The molecule has 0 fully saturated rings. The maximum atomic E-state index is 9.44. The molecule has 0 saturated heterocycles. The molecule has 0 atom stereocenters. The molecule has 2 aromatic heterocycles. The standard InChI is InChI=1S/C15H10O3.C15H10O2/c16-12-5-1-10(2-6-12)14-8-4-11-3-7-13(17)9-15(11)18-14;16-13-8-5-12(6-9-13)15-10-7-11-3-1-2-4-14(11)17-15/h1-9H,(H-,16,17);1-10H/p+2. The number of benzene rings is 4. The Morgan fingerprint density at radius 3 is 1.46 bits per heavy atom. The van der Waals surface area contributed by atoms with Crippen LogP contribution in [-0.4, -0.2) is 15.3 Å². The lowest BCUT2D eigenvalue weighted by atomic mass is 10.1. The molecule has 0 spiro atoms. The fraction of sp³-hybridized carbons (Fsp3) is 0. The zero-order chi connectivity index (χ0) is 24.2. The Morgan fingerprint density at radius 1 is 0.400 bits per heavy atom. The topological polar surface area (TPSA) is 83.3 Å². The van der Waals surface area contributed by atoms with Crippen LogP contribution in [0.3, 0.4) is 0 Å². The third-order valence-corrected chi connectivity index (χ3v) is 5.49. The first-order valence-corrected chi connectivity index (χ1v) is 11.0. The second kappa shape index (κ2) is 9.53. The predicted molar refractivity (Wildman–Crippen MR) is 137 cm³/mol. The number of hydrogen-bond donors (Lipinski definition) is 3. The first kappa shape index (κ1) is 21.9. The lowest BCUT2D eigenvalue weighted by Crippen LogP contribution is -1.79. The summed E-state index contributed by atoms with van der Waals surface area (Å²) in [7, 11) is 0. The van der Waals surface area contributed by atoms with E-state index in [9.17, 15) is 15.3 Å². The Balaban J connectivity index is 0.000000145. The summed E-state index contributed by atoms with van der Waals surface area (Å²) in [6, 6.07) is 34.4. The summed E-state index contributed by atoms with van der Waals surface area (Å²) in [4.78, 5) is 0. The Bertz CT molecular complexity index is 1610. The van der Waals surface area contributed by atoms with Crippen molar-refractivity contribution >= 4 is 21.9 Å². The van der Waals surface area contributed by atoms with E-state index in [1.807, 2.05) is 60.7 Å². The van der Waals surface area contributed by atoms with Crippen LogP contribution >= 0.6 is 0 Å². The maximum Gasteiger partial charge on any atom is 0.364 e. The molecular formula is C30H22O5+2. The fourth-order valence-corrected chi connectivity index (χ4v) is 3.66. The van der Waals surface area contributed by atoms with Crippen molar-refractivity contribution in [1.82, 2.24) is 0 Å². The highest BCUT2D eigenvalue weighted by molar-refractivity contribution is 5.80. The molecule has 5 heteroatoms. The fourth-order valence-electron chi connectivity index (χ4n) is 3.66. The van der Waals surface area contributed by atoms with Gasteiger partial charge in [-0.3, -0.25) is 0 Å². The molecule has 170 valence electrons. The third-order valence-electron chi connectivity index (χ3n) is 5.49. The normalized spacial score (nSPS) is 10.6. The van der Waals surface area contributed by atoms with Gasteiger partial charge in [0, 0.05) is 18.2 Å². The number of phenols is 3. The minimum Gasteiger partial charge on any atom is -0.508 e. The highest BCUT2D eigenvalue weighted by atomic mass is 16.3. The molecule has 0 amide bonds. The molecule has 0 radical (unpaired) electrons. The van der Waals surface area contributed by atoms with Gasteiger partial charge in [0.25, 0.3) is 0 Å². The lowest BCUT2D eigenvalue weighted by molar-refractivity contribution is 0.474. The monoisotopic (exact) mass is 462 g/mol. The minimum atomic E-state index is 0.175.